The second-order valence-corrected chi connectivity index (χ2v) is 5.10. The van der Waals surface area contributed by atoms with Gasteiger partial charge in [0.05, 0.1) is 0 Å². The lowest BCUT2D eigenvalue weighted by Crippen LogP contribution is -2.42. The van der Waals surface area contributed by atoms with E-state index in [1.807, 2.05) is 45.9 Å². The Labute approximate surface area is 115 Å². The molecule has 0 aromatic heterocycles. The van der Waals surface area contributed by atoms with Crippen LogP contribution < -0.4 is 0 Å². The molecule has 1 atom stereocenters. The van der Waals surface area contributed by atoms with Crippen LogP contribution in [0.2, 0.25) is 0 Å². The van der Waals surface area contributed by atoms with Crippen LogP contribution >= 0.6 is 0 Å². The highest BCUT2D eigenvalue weighted by atomic mass is 16.6. The summed E-state index contributed by atoms with van der Waals surface area (Å²) in [6.07, 6.45) is -1.17. The van der Waals surface area contributed by atoms with Gasteiger partial charge in [0, 0.05) is 12.1 Å². The molecule has 0 fully saturated rings. The molecule has 106 valence electrons. The SMILES string of the molecule is CC(C)N(C(=O)OC[C@H](O)c1ccccc1)C(C)C. The Hall–Kier alpha value is -1.55. The smallest absolute Gasteiger partial charge is 0.410 e. The van der Waals surface area contributed by atoms with Crippen molar-refractivity contribution in [3.05, 3.63) is 35.9 Å². The number of hydrogen-bond donors (Lipinski definition) is 1. The molecule has 0 saturated heterocycles. The Bertz CT molecular complexity index is 382. The molecule has 1 N–H and O–H groups in total. The largest absolute Gasteiger partial charge is 0.446 e. The minimum atomic E-state index is -0.786. The van der Waals surface area contributed by atoms with Gasteiger partial charge < -0.3 is 14.7 Å². The van der Waals surface area contributed by atoms with Crippen molar-refractivity contribution >= 4 is 6.09 Å². The van der Waals surface area contributed by atoms with Crippen LogP contribution in [0.3, 0.4) is 0 Å². The average molecular weight is 265 g/mol. The summed E-state index contributed by atoms with van der Waals surface area (Å²) in [6.45, 7) is 7.73. The first-order valence-electron chi connectivity index (χ1n) is 6.61. The number of rotatable bonds is 5. The Kier molecular flexibility index (Phi) is 5.83. The Balaban J connectivity index is 2.54. The maximum Gasteiger partial charge on any atom is 0.410 e. The number of carbonyl (C=O) groups excluding carboxylic acids is 1. The van der Waals surface area contributed by atoms with E-state index in [1.165, 1.54) is 0 Å². The Morgan fingerprint density at radius 2 is 1.68 bits per heavy atom. The summed E-state index contributed by atoms with van der Waals surface area (Å²) in [5, 5.41) is 9.93. The molecule has 0 bridgehead atoms. The lowest BCUT2D eigenvalue weighted by atomic mass is 10.1. The van der Waals surface area contributed by atoms with Crippen molar-refractivity contribution in [3.8, 4) is 0 Å². The predicted molar refractivity (Wildman–Crippen MR) is 74.9 cm³/mol. The number of nitrogens with zero attached hydrogens (tertiary/aromatic N) is 1. The van der Waals surface area contributed by atoms with Gasteiger partial charge in [-0.15, -0.1) is 0 Å². The van der Waals surface area contributed by atoms with Crippen molar-refractivity contribution in [1.29, 1.82) is 0 Å². The van der Waals surface area contributed by atoms with Crippen LogP contribution in [0.1, 0.15) is 39.4 Å². The van der Waals surface area contributed by atoms with Gasteiger partial charge in [-0.25, -0.2) is 4.79 Å². The first-order valence-corrected chi connectivity index (χ1v) is 6.61. The second kappa shape index (κ2) is 7.14. The molecule has 0 saturated carbocycles. The summed E-state index contributed by atoms with van der Waals surface area (Å²) in [5.74, 6) is 0. The van der Waals surface area contributed by atoms with E-state index in [-0.39, 0.29) is 24.8 Å². The summed E-state index contributed by atoms with van der Waals surface area (Å²) in [7, 11) is 0. The number of aliphatic hydroxyl groups is 1. The standard InChI is InChI=1S/C15H23NO3/c1-11(2)16(12(3)4)15(18)19-10-14(17)13-8-6-5-7-9-13/h5-9,11-12,14,17H,10H2,1-4H3/t14-/m0/s1. The molecule has 0 unspecified atom stereocenters. The zero-order valence-electron chi connectivity index (χ0n) is 12.0. The normalized spacial score (nSPS) is 12.6. The van der Waals surface area contributed by atoms with Crippen LogP contribution in [0, 0.1) is 0 Å². The average Bonchev–Trinajstić information content (AvgIpc) is 2.36. The molecule has 0 aliphatic carbocycles. The van der Waals surface area contributed by atoms with E-state index < -0.39 is 6.10 Å². The fourth-order valence-electron chi connectivity index (χ4n) is 2.01. The van der Waals surface area contributed by atoms with Gasteiger partial charge in [-0.2, -0.15) is 0 Å². The number of hydrogen-bond acceptors (Lipinski definition) is 3. The summed E-state index contributed by atoms with van der Waals surface area (Å²) < 4.78 is 5.18. The van der Waals surface area contributed by atoms with Crippen molar-refractivity contribution < 1.29 is 14.6 Å². The van der Waals surface area contributed by atoms with E-state index in [4.69, 9.17) is 4.74 Å². The van der Waals surface area contributed by atoms with Crippen LogP contribution in [0.4, 0.5) is 4.79 Å². The lowest BCUT2D eigenvalue weighted by Gasteiger charge is -2.30. The molecule has 0 aliphatic heterocycles. The van der Waals surface area contributed by atoms with Crippen LogP contribution in [0.25, 0.3) is 0 Å². The molecule has 19 heavy (non-hydrogen) atoms. The van der Waals surface area contributed by atoms with Gasteiger partial charge in [0.25, 0.3) is 0 Å². The van der Waals surface area contributed by atoms with Crippen LogP contribution in [0.15, 0.2) is 30.3 Å². The quantitative estimate of drug-likeness (QED) is 0.890. The molecule has 1 aromatic carbocycles. The molecule has 0 heterocycles. The third kappa shape index (κ3) is 4.56. The van der Waals surface area contributed by atoms with E-state index in [0.29, 0.717) is 0 Å². The highest BCUT2D eigenvalue weighted by Gasteiger charge is 2.22. The summed E-state index contributed by atoms with van der Waals surface area (Å²) in [5.41, 5.74) is 0.746. The van der Waals surface area contributed by atoms with E-state index in [0.717, 1.165) is 5.56 Å². The van der Waals surface area contributed by atoms with Crippen molar-refractivity contribution in [2.24, 2.45) is 0 Å². The number of amides is 1. The van der Waals surface area contributed by atoms with Crippen LogP contribution in [-0.4, -0.2) is 34.8 Å². The number of aliphatic hydroxyl groups excluding tert-OH is 1. The molecule has 1 amide bonds. The molecule has 4 heteroatoms. The van der Waals surface area contributed by atoms with Crippen LogP contribution in [-0.2, 0) is 4.74 Å². The summed E-state index contributed by atoms with van der Waals surface area (Å²) in [4.78, 5) is 13.6. The minimum Gasteiger partial charge on any atom is -0.446 e. The maximum absolute atomic E-state index is 12.0. The van der Waals surface area contributed by atoms with Crippen LogP contribution in [0.5, 0.6) is 0 Å². The topological polar surface area (TPSA) is 49.8 Å². The Morgan fingerprint density at radius 3 is 2.16 bits per heavy atom. The van der Waals surface area contributed by atoms with Crippen molar-refractivity contribution in [1.82, 2.24) is 4.90 Å². The van der Waals surface area contributed by atoms with Crippen molar-refractivity contribution in [2.45, 2.75) is 45.9 Å². The highest BCUT2D eigenvalue weighted by Crippen LogP contribution is 2.14. The number of benzene rings is 1. The third-order valence-corrected chi connectivity index (χ3v) is 2.87. The number of carbonyl (C=O) groups is 1. The van der Waals surface area contributed by atoms with Gasteiger partial charge in [0.1, 0.15) is 12.7 Å². The molecule has 1 aromatic rings. The molecule has 0 radical (unpaired) electrons. The van der Waals surface area contributed by atoms with Gasteiger partial charge in [-0.3, -0.25) is 0 Å². The first-order chi connectivity index (χ1) is 8.93. The van der Waals surface area contributed by atoms with Gasteiger partial charge in [0.2, 0.25) is 0 Å². The van der Waals surface area contributed by atoms with E-state index >= 15 is 0 Å². The van der Waals surface area contributed by atoms with Gasteiger partial charge in [-0.1, -0.05) is 30.3 Å². The lowest BCUT2D eigenvalue weighted by molar-refractivity contribution is 0.0354. The molecule has 4 nitrogen and oxygen atoms in total. The van der Waals surface area contributed by atoms with E-state index in [2.05, 4.69) is 0 Å². The predicted octanol–water partition coefficient (Wildman–Crippen LogP) is 2.98. The number of ether oxygens (including phenoxy) is 1. The molecule has 1 rings (SSSR count). The van der Waals surface area contributed by atoms with Gasteiger partial charge >= 0.3 is 6.09 Å². The molecule has 0 aliphatic rings. The fourth-order valence-corrected chi connectivity index (χ4v) is 2.01. The zero-order chi connectivity index (χ0) is 14.4. The summed E-state index contributed by atoms with van der Waals surface area (Å²) >= 11 is 0. The molecule has 0 spiro atoms. The van der Waals surface area contributed by atoms with Crippen molar-refractivity contribution in [3.63, 3.8) is 0 Å². The van der Waals surface area contributed by atoms with Gasteiger partial charge in [0.15, 0.2) is 0 Å². The highest BCUT2D eigenvalue weighted by molar-refractivity contribution is 5.68. The maximum atomic E-state index is 12.0. The molecular weight excluding hydrogens is 242 g/mol. The zero-order valence-corrected chi connectivity index (χ0v) is 12.0. The summed E-state index contributed by atoms with van der Waals surface area (Å²) in [6, 6.07) is 9.32. The van der Waals surface area contributed by atoms with Crippen molar-refractivity contribution in [2.75, 3.05) is 6.61 Å². The van der Waals surface area contributed by atoms with E-state index in [1.54, 1.807) is 17.0 Å². The van der Waals surface area contributed by atoms with E-state index in [9.17, 15) is 9.90 Å². The third-order valence-electron chi connectivity index (χ3n) is 2.87. The molecular formula is C15H23NO3. The Morgan fingerprint density at radius 1 is 1.16 bits per heavy atom. The fraction of sp³-hybridized carbons (Fsp3) is 0.533. The first kappa shape index (κ1) is 15.5. The minimum absolute atomic E-state index is 0.0290. The second-order valence-electron chi connectivity index (χ2n) is 5.10. The van der Waals surface area contributed by atoms with Gasteiger partial charge in [-0.05, 0) is 33.3 Å². The monoisotopic (exact) mass is 265 g/mol.